The second-order valence-electron chi connectivity index (χ2n) is 6.93. The number of aryl methyl sites for hydroxylation is 1. The molecule has 1 aromatic carbocycles. The summed E-state index contributed by atoms with van der Waals surface area (Å²) < 4.78 is 5.37. The van der Waals surface area contributed by atoms with Gasteiger partial charge in [-0.05, 0) is 43.0 Å². The number of hydrogen-bond donors (Lipinski definition) is 2. The van der Waals surface area contributed by atoms with Gasteiger partial charge < -0.3 is 20.1 Å². The monoisotopic (exact) mass is 357 g/mol. The molecule has 0 amide bonds. The molecule has 0 aliphatic rings. The van der Waals surface area contributed by atoms with E-state index < -0.39 is 0 Å². The van der Waals surface area contributed by atoms with E-state index in [9.17, 15) is 0 Å². The summed E-state index contributed by atoms with van der Waals surface area (Å²) in [6.45, 7) is 10.4. The minimum absolute atomic E-state index is 0.363. The van der Waals surface area contributed by atoms with Crippen molar-refractivity contribution >= 4 is 11.6 Å². The summed E-state index contributed by atoms with van der Waals surface area (Å²) in [6.07, 6.45) is 0. The number of aliphatic imine (C=N–C) groups is 1. The van der Waals surface area contributed by atoms with Gasteiger partial charge in [-0.2, -0.15) is 0 Å². The van der Waals surface area contributed by atoms with Crippen molar-refractivity contribution in [1.29, 1.82) is 0 Å². The quantitative estimate of drug-likeness (QED) is 0.587. The van der Waals surface area contributed by atoms with Crippen LogP contribution < -0.4 is 15.5 Å². The number of rotatable bonds is 7. The zero-order valence-electron chi connectivity index (χ0n) is 16.8. The molecule has 0 atom stereocenters. The Morgan fingerprint density at radius 3 is 2.58 bits per heavy atom. The lowest BCUT2D eigenvalue weighted by atomic mass is 10.1. The van der Waals surface area contributed by atoms with Crippen molar-refractivity contribution in [3.05, 3.63) is 46.8 Å². The third-order valence-electron chi connectivity index (χ3n) is 4.19. The molecule has 0 fully saturated rings. The Morgan fingerprint density at radius 1 is 1.23 bits per heavy atom. The molecular formula is C20H31N5O. The summed E-state index contributed by atoms with van der Waals surface area (Å²) in [4.78, 5) is 6.80. The van der Waals surface area contributed by atoms with Gasteiger partial charge in [-0.3, -0.25) is 0 Å². The van der Waals surface area contributed by atoms with Gasteiger partial charge >= 0.3 is 0 Å². The van der Waals surface area contributed by atoms with Gasteiger partial charge in [-0.25, -0.2) is 4.99 Å². The normalized spacial score (nSPS) is 11.7. The SMILES string of the molecule is CCNC(=NCc1ccc(N(C)C)cc1C)NCc1cc(C(C)C)no1. The van der Waals surface area contributed by atoms with Gasteiger partial charge in [0, 0.05) is 32.4 Å². The summed E-state index contributed by atoms with van der Waals surface area (Å²) in [7, 11) is 4.10. The lowest BCUT2D eigenvalue weighted by Crippen LogP contribution is -2.36. The first-order valence-corrected chi connectivity index (χ1v) is 9.15. The maximum absolute atomic E-state index is 5.37. The van der Waals surface area contributed by atoms with E-state index in [1.165, 1.54) is 16.8 Å². The van der Waals surface area contributed by atoms with Crippen LogP contribution in [0.3, 0.4) is 0 Å². The number of hydrogen-bond acceptors (Lipinski definition) is 4. The molecule has 2 aromatic rings. The standard InChI is InChI=1S/C20H31N5O/c1-7-21-20(23-13-18-11-19(14(2)3)24-26-18)22-12-16-8-9-17(25(5)6)10-15(16)4/h8-11,14H,7,12-13H2,1-6H3,(H2,21,22,23). The van der Waals surface area contributed by atoms with E-state index in [4.69, 9.17) is 9.52 Å². The first kappa shape index (κ1) is 19.8. The third-order valence-corrected chi connectivity index (χ3v) is 4.19. The number of nitrogens with one attached hydrogen (secondary N) is 2. The van der Waals surface area contributed by atoms with Crippen LogP contribution in [0.2, 0.25) is 0 Å². The largest absolute Gasteiger partial charge is 0.378 e. The zero-order valence-corrected chi connectivity index (χ0v) is 16.8. The minimum Gasteiger partial charge on any atom is -0.378 e. The van der Waals surface area contributed by atoms with Crippen LogP contribution in [-0.2, 0) is 13.1 Å². The minimum atomic E-state index is 0.363. The van der Waals surface area contributed by atoms with Crippen LogP contribution in [0.25, 0.3) is 0 Å². The van der Waals surface area contributed by atoms with Gasteiger partial charge in [0.1, 0.15) is 0 Å². The average molecular weight is 358 g/mol. The molecule has 1 aromatic heterocycles. The van der Waals surface area contributed by atoms with Crippen LogP contribution in [0.1, 0.15) is 49.3 Å². The molecule has 0 bridgehead atoms. The Kier molecular flexibility index (Phi) is 7.06. The van der Waals surface area contributed by atoms with Gasteiger partial charge in [0.2, 0.25) is 0 Å². The molecule has 0 aliphatic heterocycles. The highest BCUT2D eigenvalue weighted by Crippen LogP contribution is 2.18. The lowest BCUT2D eigenvalue weighted by molar-refractivity contribution is 0.372. The van der Waals surface area contributed by atoms with Crippen molar-refractivity contribution in [3.63, 3.8) is 0 Å². The maximum Gasteiger partial charge on any atom is 0.191 e. The van der Waals surface area contributed by atoms with Crippen molar-refractivity contribution in [2.24, 2.45) is 4.99 Å². The van der Waals surface area contributed by atoms with Gasteiger partial charge in [0.25, 0.3) is 0 Å². The fraction of sp³-hybridized carbons (Fsp3) is 0.500. The van der Waals surface area contributed by atoms with Gasteiger partial charge in [0.15, 0.2) is 11.7 Å². The first-order chi connectivity index (χ1) is 12.4. The molecule has 0 unspecified atom stereocenters. The molecule has 0 aliphatic carbocycles. The number of aromatic nitrogens is 1. The Labute approximate surface area is 156 Å². The molecule has 2 N–H and O–H groups in total. The smallest absolute Gasteiger partial charge is 0.191 e. The van der Waals surface area contributed by atoms with E-state index in [2.05, 4.69) is 66.6 Å². The number of guanidine groups is 1. The fourth-order valence-electron chi connectivity index (χ4n) is 2.50. The number of benzene rings is 1. The molecule has 2 rings (SSSR count). The predicted octanol–water partition coefficient (Wildman–Crippen LogP) is 3.43. The van der Waals surface area contributed by atoms with Gasteiger partial charge in [0.05, 0.1) is 18.8 Å². The molecule has 6 nitrogen and oxygen atoms in total. The van der Waals surface area contributed by atoms with E-state index in [0.717, 1.165) is 24.0 Å². The molecule has 26 heavy (non-hydrogen) atoms. The van der Waals surface area contributed by atoms with Crippen LogP contribution in [0, 0.1) is 6.92 Å². The Morgan fingerprint density at radius 2 is 2.00 bits per heavy atom. The van der Waals surface area contributed by atoms with E-state index in [0.29, 0.717) is 19.0 Å². The third kappa shape index (κ3) is 5.51. The molecule has 142 valence electrons. The predicted molar refractivity (Wildman–Crippen MR) is 108 cm³/mol. The second-order valence-corrected chi connectivity index (χ2v) is 6.93. The summed E-state index contributed by atoms with van der Waals surface area (Å²) in [5.41, 5.74) is 4.63. The van der Waals surface area contributed by atoms with E-state index >= 15 is 0 Å². The first-order valence-electron chi connectivity index (χ1n) is 9.15. The van der Waals surface area contributed by atoms with Crippen molar-refractivity contribution < 1.29 is 4.52 Å². The van der Waals surface area contributed by atoms with Crippen LogP contribution in [0.15, 0.2) is 33.8 Å². The maximum atomic E-state index is 5.37. The van der Waals surface area contributed by atoms with Crippen molar-refractivity contribution in [2.45, 2.75) is 46.7 Å². The molecule has 6 heteroatoms. The molecule has 0 saturated carbocycles. The van der Waals surface area contributed by atoms with Crippen LogP contribution in [-0.4, -0.2) is 31.8 Å². The van der Waals surface area contributed by atoms with Gasteiger partial charge in [-0.15, -0.1) is 0 Å². The number of anilines is 1. The van der Waals surface area contributed by atoms with Crippen LogP contribution in [0.4, 0.5) is 5.69 Å². The highest BCUT2D eigenvalue weighted by atomic mass is 16.5. The zero-order chi connectivity index (χ0) is 19.1. The summed E-state index contributed by atoms with van der Waals surface area (Å²) in [6, 6.07) is 8.45. The number of nitrogens with zero attached hydrogens (tertiary/aromatic N) is 3. The Balaban J connectivity index is 2.01. The summed E-state index contributed by atoms with van der Waals surface area (Å²) in [5.74, 6) is 1.94. The van der Waals surface area contributed by atoms with Gasteiger partial charge in [-0.1, -0.05) is 25.1 Å². The average Bonchev–Trinajstić information content (AvgIpc) is 3.07. The van der Waals surface area contributed by atoms with E-state index in [-0.39, 0.29) is 0 Å². The molecule has 0 saturated heterocycles. The van der Waals surface area contributed by atoms with E-state index in [1.807, 2.05) is 20.2 Å². The molecule has 0 spiro atoms. The topological polar surface area (TPSA) is 65.7 Å². The van der Waals surface area contributed by atoms with Crippen molar-refractivity contribution in [1.82, 2.24) is 15.8 Å². The van der Waals surface area contributed by atoms with Crippen molar-refractivity contribution in [3.8, 4) is 0 Å². The summed E-state index contributed by atoms with van der Waals surface area (Å²) >= 11 is 0. The van der Waals surface area contributed by atoms with Crippen LogP contribution in [0.5, 0.6) is 0 Å². The molecule has 1 heterocycles. The highest BCUT2D eigenvalue weighted by Gasteiger charge is 2.08. The lowest BCUT2D eigenvalue weighted by Gasteiger charge is -2.15. The van der Waals surface area contributed by atoms with Crippen molar-refractivity contribution in [2.75, 3.05) is 25.5 Å². The summed E-state index contributed by atoms with van der Waals surface area (Å²) in [5, 5.41) is 10.7. The molecular weight excluding hydrogens is 326 g/mol. The Bertz CT molecular complexity index is 734. The highest BCUT2D eigenvalue weighted by molar-refractivity contribution is 5.79. The van der Waals surface area contributed by atoms with E-state index in [1.54, 1.807) is 0 Å². The molecule has 0 radical (unpaired) electrons. The Hall–Kier alpha value is -2.50. The second kappa shape index (κ2) is 9.27. The van der Waals surface area contributed by atoms with Crippen LogP contribution >= 0.6 is 0 Å². The fourth-order valence-corrected chi connectivity index (χ4v) is 2.50.